The first-order valence-corrected chi connectivity index (χ1v) is 8.19. The Bertz CT molecular complexity index is 458. The van der Waals surface area contributed by atoms with Crippen LogP contribution < -0.4 is 0 Å². The van der Waals surface area contributed by atoms with Crippen LogP contribution in [0.1, 0.15) is 51.4 Å². The zero-order chi connectivity index (χ0) is 16.2. The molecular weight excluding hydrogens is 282 g/mol. The van der Waals surface area contributed by atoms with E-state index in [9.17, 15) is 14.9 Å². The van der Waals surface area contributed by atoms with Crippen molar-refractivity contribution < 1.29 is 19.1 Å². The molecule has 5 nitrogen and oxygen atoms in total. The summed E-state index contributed by atoms with van der Waals surface area (Å²) in [5, 5.41) is 9.96. The molecule has 2 unspecified atom stereocenters. The largest absolute Gasteiger partial charge is 0.469 e. The number of hydrogen-bond donors (Lipinski definition) is 0. The van der Waals surface area contributed by atoms with Gasteiger partial charge in [-0.1, -0.05) is 25.7 Å². The third-order valence-corrected chi connectivity index (χ3v) is 5.52. The minimum absolute atomic E-state index is 0.0341. The average molecular weight is 307 g/mol. The number of carbonyl (C=O) groups excluding carboxylic acids is 2. The van der Waals surface area contributed by atoms with Gasteiger partial charge in [0.15, 0.2) is 5.41 Å². The molecule has 5 heteroatoms. The number of rotatable bonds is 5. The summed E-state index contributed by atoms with van der Waals surface area (Å²) in [6.07, 6.45) is 7.37. The fourth-order valence-electron chi connectivity index (χ4n) is 4.47. The average Bonchev–Trinajstić information content (AvgIpc) is 3.24. The topological polar surface area (TPSA) is 76.4 Å². The highest BCUT2D eigenvalue weighted by Crippen LogP contribution is 2.51. The first-order valence-electron chi connectivity index (χ1n) is 8.19. The summed E-state index contributed by atoms with van der Waals surface area (Å²) in [5.41, 5.74) is -1.40. The Balaban J connectivity index is 2.48. The summed E-state index contributed by atoms with van der Waals surface area (Å²) in [6, 6.07) is 2.23. The quantitative estimate of drug-likeness (QED) is 0.730. The van der Waals surface area contributed by atoms with E-state index in [1.54, 1.807) is 0 Å². The van der Waals surface area contributed by atoms with Gasteiger partial charge in [-0.25, -0.2) is 0 Å². The molecule has 0 aromatic rings. The van der Waals surface area contributed by atoms with Gasteiger partial charge in [0.25, 0.3) is 0 Å². The molecule has 0 amide bonds. The van der Waals surface area contributed by atoms with E-state index >= 15 is 0 Å². The summed E-state index contributed by atoms with van der Waals surface area (Å²) in [6.45, 7) is 0. The van der Waals surface area contributed by atoms with E-state index in [1.807, 2.05) is 0 Å². The van der Waals surface area contributed by atoms with Crippen molar-refractivity contribution in [3.8, 4) is 6.07 Å². The Hall–Kier alpha value is -1.57. The second kappa shape index (κ2) is 7.13. The molecule has 0 heterocycles. The van der Waals surface area contributed by atoms with Gasteiger partial charge in [-0.2, -0.15) is 5.26 Å². The predicted octanol–water partition coefficient (Wildman–Crippen LogP) is 2.84. The first kappa shape index (κ1) is 16.8. The van der Waals surface area contributed by atoms with Crippen molar-refractivity contribution in [2.45, 2.75) is 51.4 Å². The van der Waals surface area contributed by atoms with Gasteiger partial charge in [0.1, 0.15) is 0 Å². The maximum atomic E-state index is 12.6. The SMILES string of the molecule is COC(=O)C(C1CCCC1)C(C#N)(C(=O)OC)C1CCCC1. The number of nitrogens with zero attached hydrogens (tertiary/aromatic N) is 1. The molecular formula is C17H25NO4. The van der Waals surface area contributed by atoms with Gasteiger partial charge >= 0.3 is 11.9 Å². The summed E-state index contributed by atoms with van der Waals surface area (Å²) in [5.74, 6) is -1.79. The molecule has 2 fully saturated rings. The summed E-state index contributed by atoms with van der Waals surface area (Å²) in [7, 11) is 2.63. The van der Waals surface area contributed by atoms with Crippen LogP contribution in [0.5, 0.6) is 0 Å². The van der Waals surface area contributed by atoms with Gasteiger partial charge in [0.05, 0.1) is 26.2 Å². The molecule has 0 aromatic carbocycles. The van der Waals surface area contributed by atoms with Gasteiger partial charge in [0, 0.05) is 0 Å². The first-order chi connectivity index (χ1) is 10.6. The fourth-order valence-corrected chi connectivity index (χ4v) is 4.47. The van der Waals surface area contributed by atoms with E-state index in [2.05, 4.69) is 6.07 Å². The lowest BCUT2D eigenvalue weighted by Gasteiger charge is -2.38. The number of carbonyl (C=O) groups is 2. The molecule has 122 valence electrons. The summed E-state index contributed by atoms with van der Waals surface area (Å²) >= 11 is 0. The van der Waals surface area contributed by atoms with E-state index in [0.29, 0.717) is 0 Å². The van der Waals surface area contributed by atoms with Gasteiger partial charge < -0.3 is 9.47 Å². The van der Waals surface area contributed by atoms with Crippen LogP contribution in [0.2, 0.25) is 0 Å². The van der Waals surface area contributed by atoms with Crippen molar-refractivity contribution >= 4 is 11.9 Å². The molecule has 2 rings (SSSR count). The second-order valence-corrected chi connectivity index (χ2v) is 6.50. The second-order valence-electron chi connectivity index (χ2n) is 6.50. The predicted molar refractivity (Wildman–Crippen MR) is 79.5 cm³/mol. The van der Waals surface area contributed by atoms with Gasteiger partial charge in [-0.3, -0.25) is 9.59 Å². The van der Waals surface area contributed by atoms with Crippen LogP contribution in [0.25, 0.3) is 0 Å². The normalized spacial score (nSPS) is 23.5. The van der Waals surface area contributed by atoms with E-state index < -0.39 is 23.3 Å². The third-order valence-electron chi connectivity index (χ3n) is 5.52. The van der Waals surface area contributed by atoms with Crippen molar-refractivity contribution in [1.29, 1.82) is 5.26 Å². The molecule has 0 aliphatic heterocycles. The monoisotopic (exact) mass is 307 g/mol. The van der Waals surface area contributed by atoms with Crippen LogP contribution in [0.4, 0.5) is 0 Å². The van der Waals surface area contributed by atoms with E-state index in [0.717, 1.165) is 51.4 Å². The number of esters is 2. The Morgan fingerprint density at radius 3 is 2.05 bits per heavy atom. The molecule has 0 spiro atoms. The lowest BCUT2D eigenvalue weighted by Crippen LogP contribution is -2.50. The molecule has 0 saturated heterocycles. The maximum Gasteiger partial charge on any atom is 0.327 e. The van der Waals surface area contributed by atoms with E-state index in [4.69, 9.17) is 9.47 Å². The van der Waals surface area contributed by atoms with Crippen LogP contribution in [0, 0.1) is 34.5 Å². The highest BCUT2D eigenvalue weighted by molar-refractivity contribution is 5.88. The lowest BCUT2D eigenvalue weighted by molar-refractivity contribution is -0.169. The summed E-state index contributed by atoms with van der Waals surface area (Å²) in [4.78, 5) is 25.1. The number of nitriles is 1. The lowest BCUT2D eigenvalue weighted by atomic mass is 9.62. The van der Waals surface area contributed by atoms with Crippen LogP contribution in [0.15, 0.2) is 0 Å². The van der Waals surface area contributed by atoms with Crippen LogP contribution in [-0.2, 0) is 19.1 Å². The van der Waals surface area contributed by atoms with Crippen LogP contribution in [0.3, 0.4) is 0 Å². The van der Waals surface area contributed by atoms with Crippen molar-refractivity contribution in [2.24, 2.45) is 23.2 Å². The minimum Gasteiger partial charge on any atom is -0.469 e. The molecule has 2 aliphatic rings. The fraction of sp³-hybridized carbons (Fsp3) is 0.824. The molecule has 0 N–H and O–H groups in total. The summed E-state index contributed by atoms with van der Waals surface area (Å²) < 4.78 is 9.97. The molecule has 22 heavy (non-hydrogen) atoms. The maximum absolute atomic E-state index is 12.6. The number of hydrogen-bond acceptors (Lipinski definition) is 5. The Labute approximate surface area is 132 Å². The van der Waals surface area contributed by atoms with Crippen LogP contribution in [-0.4, -0.2) is 26.2 Å². The Kier molecular flexibility index (Phi) is 5.44. The standard InChI is InChI=1S/C17H25NO4/c1-21-15(19)14(12-7-3-4-8-12)17(11-18,16(20)22-2)13-9-5-6-10-13/h12-14H,3-10H2,1-2H3. The number of methoxy groups -OCH3 is 2. The Morgan fingerprint density at radius 2 is 1.59 bits per heavy atom. The van der Waals surface area contributed by atoms with Crippen LogP contribution >= 0.6 is 0 Å². The molecule has 2 atom stereocenters. The Morgan fingerprint density at radius 1 is 1.05 bits per heavy atom. The van der Waals surface area contributed by atoms with E-state index in [1.165, 1.54) is 14.2 Å². The van der Waals surface area contributed by atoms with Crippen molar-refractivity contribution in [2.75, 3.05) is 14.2 Å². The zero-order valence-corrected chi connectivity index (χ0v) is 13.5. The molecule has 0 radical (unpaired) electrons. The van der Waals surface area contributed by atoms with Gasteiger partial charge in [-0.05, 0) is 37.5 Å². The van der Waals surface area contributed by atoms with Crippen molar-refractivity contribution in [3.63, 3.8) is 0 Å². The van der Waals surface area contributed by atoms with Gasteiger partial charge in [-0.15, -0.1) is 0 Å². The van der Waals surface area contributed by atoms with Crippen molar-refractivity contribution in [3.05, 3.63) is 0 Å². The number of ether oxygens (including phenoxy) is 2. The minimum atomic E-state index is -1.40. The smallest absolute Gasteiger partial charge is 0.327 e. The molecule has 2 aliphatic carbocycles. The van der Waals surface area contributed by atoms with Gasteiger partial charge in [0.2, 0.25) is 0 Å². The highest BCUT2D eigenvalue weighted by Gasteiger charge is 2.59. The highest BCUT2D eigenvalue weighted by atomic mass is 16.5. The third kappa shape index (κ3) is 2.71. The zero-order valence-electron chi connectivity index (χ0n) is 13.5. The molecule has 0 aromatic heterocycles. The molecule has 0 bridgehead atoms. The van der Waals surface area contributed by atoms with Crippen molar-refractivity contribution in [1.82, 2.24) is 0 Å². The van der Waals surface area contributed by atoms with E-state index in [-0.39, 0.29) is 11.8 Å². The molecule has 2 saturated carbocycles.